The molecule has 1 aromatic heterocycles. The number of aromatic nitrogens is 2. The molecular weight excluding hydrogens is 271 g/mol. The van der Waals surface area contributed by atoms with Crippen LogP contribution in [0, 0.1) is 5.82 Å². The molecule has 6 heteroatoms. The number of benzene rings is 1. The van der Waals surface area contributed by atoms with Crippen molar-refractivity contribution in [3.05, 3.63) is 47.5 Å². The molecule has 0 spiro atoms. The topological polar surface area (TPSA) is 59.0 Å². The number of fused-ring (bicyclic) bond motifs is 1. The Balaban J connectivity index is 1.72. The molecule has 1 amide bonds. The van der Waals surface area contributed by atoms with Crippen molar-refractivity contribution in [2.45, 2.75) is 25.9 Å². The van der Waals surface area contributed by atoms with Gasteiger partial charge in [0.05, 0.1) is 6.04 Å². The van der Waals surface area contributed by atoms with Crippen molar-refractivity contribution in [3.8, 4) is 0 Å². The molecule has 2 N–H and O–H groups in total. The lowest BCUT2D eigenvalue weighted by atomic mass is 10.1. The number of hydrogen-bond acceptors (Lipinski definition) is 3. The average Bonchev–Trinajstić information content (AvgIpc) is 2.91. The molecule has 3 rings (SSSR count). The zero-order valence-electron chi connectivity index (χ0n) is 11.8. The number of aryl methyl sites for hydroxylation is 1. The molecule has 0 saturated heterocycles. The molecule has 110 valence electrons. The standard InChI is InChI=1S/C15H17FN4O/c1-10(11-4-2-5-12(16)8-11)18-14(21)13-9-20-7-3-6-17-15(20)19-13/h2,4-5,8-10H,3,6-7H2,1H3,(H,17,19)(H,18,21). The van der Waals surface area contributed by atoms with Gasteiger partial charge in [0.25, 0.3) is 5.91 Å². The number of nitrogens with zero attached hydrogens (tertiary/aromatic N) is 2. The maximum atomic E-state index is 13.2. The third kappa shape index (κ3) is 2.89. The van der Waals surface area contributed by atoms with Crippen molar-refractivity contribution in [3.63, 3.8) is 0 Å². The molecule has 0 aliphatic carbocycles. The fourth-order valence-electron chi connectivity index (χ4n) is 2.42. The van der Waals surface area contributed by atoms with E-state index in [2.05, 4.69) is 15.6 Å². The Kier molecular flexibility index (Phi) is 3.60. The van der Waals surface area contributed by atoms with Gasteiger partial charge in [-0.2, -0.15) is 0 Å². The molecule has 1 unspecified atom stereocenters. The first-order chi connectivity index (χ1) is 10.1. The van der Waals surface area contributed by atoms with Gasteiger partial charge in [-0.05, 0) is 31.0 Å². The fourth-order valence-corrected chi connectivity index (χ4v) is 2.42. The number of carbonyl (C=O) groups is 1. The predicted molar refractivity (Wildman–Crippen MR) is 77.6 cm³/mol. The Morgan fingerprint density at radius 2 is 2.38 bits per heavy atom. The SMILES string of the molecule is CC(NC(=O)c1cn2c(n1)NCCC2)c1cccc(F)c1. The maximum Gasteiger partial charge on any atom is 0.272 e. The summed E-state index contributed by atoms with van der Waals surface area (Å²) < 4.78 is 15.1. The van der Waals surface area contributed by atoms with Crippen molar-refractivity contribution in [2.75, 3.05) is 11.9 Å². The second-order valence-electron chi connectivity index (χ2n) is 5.17. The highest BCUT2D eigenvalue weighted by atomic mass is 19.1. The van der Waals surface area contributed by atoms with E-state index in [-0.39, 0.29) is 17.8 Å². The number of rotatable bonds is 3. The van der Waals surface area contributed by atoms with Crippen LogP contribution in [-0.4, -0.2) is 22.0 Å². The monoisotopic (exact) mass is 288 g/mol. The van der Waals surface area contributed by atoms with Crippen LogP contribution in [0.25, 0.3) is 0 Å². The van der Waals surface area contributed by atoms with Crippen LogP contribution in [0.3, 0.4) is 0 Å². The largest absolute Gasteiger partial charge is 0.356 e. The number of imidazole rings is 1. The highest BCUT2D eigenvalue weighted by Gasteiger charge is 2.18. The number of hydrogen-bond donors (Lipinski definition) is 2. The molecule has 21 heavy (non-hydrogen) atoms. The lowest BCUT2D eigenvalue weighted by Gasteiger charge is -2.14. The van der Waals surface area contributed by atoms with Gasteiger partial charge in [-0.3, -0.25) is 4.79 Å². The quantitative estimate of drug-likeness (QED) is 0.911. The van der Waals surface area contributed by atoms with Gasteiger partial charge >= 0.3 is 0 Å². The first kappa shape index (κ1) is 13.6. The van der Waals surface area contributed by atoms with Crippen LogP contribution in [-0.2, 0) is 6.54 Å². The van der Waals surface area contributed by atoms with Crippen LogP contribution in [0.2, 0.25) is 0 Å². The maximum absolute atomic E-state index is 13.2. The van der Waals surface area contributed by atoms with E-state index in [9.17, 15) is 9.18 Å². The summed E-state index contributed by atoms with van der Waals surface area (Å²) in [5.74, 6) is 0.163. The fraction of sp³-hybridized carbons (Fsp3) is 0.333. The summed E-state index contributed by atoms with van der Waals surface area (Å²) in [5, 5.41) is 5.99. The first-order valence-corrected chi connectivity index (χ1v) is 7.01. The molecule has 1 aliphatic rings. The molecular formula is C15H17FN4O. The van der Waals surface area contributed by atoms with E-state index in [0.717, 1.165) is 31.0 Å². The molecule has 2 heterocycles. The Labute approximate surface area is 122 Å². The molecule has 2 aromatic rings. The van der Waals surface area contributed by atoms with Gasteiger partial charge in [-0.25, -0.2) is 9.37 Å². The molecule has 1 atom stereocenters. The van der Waals surface area contributed by atoms with Crippen molar-refractivity contribution in [1.82, 2.24) is 14.9 Å². The van der Waals surface area contributed by atoms with E-state index in [1.54, 1.807) is 18.3 Å². The van der Waals surface area contributed by atoms with Gasteiger partial charge in [0.15, 0.2) is 0 Å². The first-order valence-electron chi connectivity index (χ1n) is 7.01. The third-order valence-electron chi connectivity index (χ3n) is 3.56. The van der Waals surface area contributed by atoms with Crippen LogP contribution in [0.4, 0.5) is 10.3 Å². The molecule has 0 bridgehead atoms. The zero-order valence-corrected chi connectivity index (χ0v) is 11.8. The van der Waals surface area contributed by atoms with E-state index in [1.807, 2.05) is 11.5 Å². The second kappa shape index (κ2) is 5.55. The van der Waals surface area contributed by atoms with Gasteiger partial charge in [-0.1, -0.05) is 12.1 Å². The van der Waals surface area contributed by atoms with Crippen LogP contribution < -0.4 is 10.6 Å². The summed E-state index contributed by atoms with van der Waals surface area (Å²) in [4.78, 5) is 16.5. The minimum absolute atomic E-state index is 0.254. The van der Waals surface area contributed by atoms with E-state index < -0.39 is 0 Å². The summed E-state index contributed by atoms with van der Waals surface area (Å²) in [6, 6.07) is 5.94. The van der Waals surface area contributed by atoms with Crippen LogP contribution >= 0.6 is 0 Å². The Bertz CT molecular complexity index is 644. The molecule has 0 fully saturated rings. The summed E-state index contributed by atoms with van der Waals surface area (Å²) in [5.41, 5.74) is 1.10. The number of carbonyl (C=O) groups excluding carboxylic acids is 1. The van der Waals surface area contributed by atoms with E-state index in [1.165, 1.54) is 12.1 Å². The van der Waals surface area contributed by atoms with E-state index >= 15 is 0 Å². The molecule has 0 radical (unpaired) electrons. The van der Waals surface area contributed by atoms with Gasteiger partial charge in [-0.15, -0.1) is 0 Å². The smallest absolute Gasteiger partial charge is 0.272 e. The average molecular weight is 288 g/mol. The van der Waals surface area contributed by atoms with Gasteiger partial charge in [0.1, 0.15) is 11.5 Å². The number of nitrogens with one attached hydrogen (secondary N) is 2. The van der Waals surface area contributed by atoms with Crippen molar-refractivity contribution in [1.29, 1.82) is 0 Å². The number of amides is 1. The van der Waals surface area contributed by atoms with Crippen LogP contribution in [0.1, 0.15) is 35.4 Å². The number of anilines is 1. The van der Waals surface area contributed by atoms with Gasteiger partial charge < -0.3 is 15.2 Å². The Morgan fingerprint density at radius 3 is 3.14 bits per heavy atom. The highest BCUT2D eigenvalue weighted by Crippen LogP contribution is 2.17. The zero-order chi connectivity index (χ0) is 14.8. The normalized spacial score (nSPS) is 15.0. The lowest BCUT2D eigenvalue weighted by Crippen LogP contribution is -2.27. The Morgan fingerprint density at radius 1 is 1.52 bits per heavy atom. The van der Waals surface area contributed by atoms with Crippen LogP contribution in [0.5, 0.6) is 0 Å². The summed E-state index contributed by atoms with van der Waals surface area (Å²) in [6.45, 7) is 3.56. The molecule has 1 aromatic carbocycles. The highest BCUT2D eigenvalue weighted by molar-refractivity contribution is 5.92. The van der Waals surface area contributed by atoms with Crippen LogP contribution in [0.15, 0.2) is 30.5 Å². The minimum Gasteiger partial charge on any atom is -0.356 e. The van der Waals surface area contributed by atoms with Gasteiger partial charge in [0, 0.05) is 19.3 Å². The van der Waals surface area contributed by atoms with Crippen molar-refractivity contribution in [2.24, 2.45) is 0 Å². The predicted octanol–water partition coefficient (Wildman–Crippen LogP) is 2.33. The van der Waals surface area contributed by atoms with Crippen molar-refractivity contribution >= 4 is 11.9 Å². The molecule has 1 aliphatic heterocycles. The number of halogens is 1. The minimum atomic E-state index is -0.310. The summed E-state index contributed by atoms with van der Waals surface area (Å²) in [6.07, 6.45) is 2.76. The Hall–Kier alpha value is -2.37. The molecule has 5 nitrogen and oxygen atoms in total. The summed E-state index contributed by atoms with van der Waals surface area (Å²) >= 11 is 0. The van der Waals surface area contributed by atoms with Gasteiger partial charge in [0.2, 0.25) is 5.95 Å². The lowest BCUT2D eigenvalue weighted by molar-refractivity contribution is 0.0935. The summed E-state index contributed by atoms with van der Waals surface area (Å²) in [7, 11) is 0. The van der Waals surface area contributed by atoms with Crippen molar-refractivity contribution < 1.29 is 9.18 Å². The van der Waals surface area contributed by atoms with E-state index in [4.69, 9.17) is 0 Å². The molecule has 0 saturated carbocycles. The van der Waals surface area contributed by atoms with E-state index in [0.29, 0.717) is 5.69 Å². The third-order valence-corrected chi connectivity index (χ3v) is 3.56. The second-order valence-corrected chi connectivity index (χ2v) is 5.17.